The molecule has 116 valence electrons. The van der Waals surface area contributed by atoms with Crippen molar-refractivity contribution >= 4 is 16.9 Å². The Morgan fingerprint density at radius 3 is 2.57 bits per heavy atom. The van der Waals surface area contributed by atoms with Crippen molar-refractivity contribution in [2.45, 2.75) is 20.8 Å². The number of rotatable bonds is 2. The van der Waals surface area contributed by atoms with E-state index in [0.29, 0.717) is 22.5 Å². The van der Waals surface area contributed by atoms with Crippen molar-refractivity contribution < 1.29 is 9.53 Å². The molecule has 0 radical (unpaired) electrons. The molecule has 0 atom stereocenters. The van der Waals surface area contributed by atoms with Gasteiger partial charge >= 0.3 is 5.97 Å². The quantitative estimate of drug-likeness (QED) is 0.539. The number of para-hydroxylation sites is 1. The van der Waals surface area contributed by atoms with Crippen molar-refractivity contribution in [3.05, 3.63) is 64.2 Å². The first-order valence-electron chi connectivity index (χ1n) is 7.25. The summed E-state index contributed by atoms with van der Waals surface area (Å²) in [6, 6.07) is 12.4. The molecule has 5 nitrogen and oxygen atoms in total. The first-order valence-corrected chi connectivity index (χ1v) is 7.25. The maximum atomic E-state index is 12.8. The van der Waals surface area contributed by atoms with Crippen molar-refractivity contribution in [1.82, 2.24) is 9.55 Å². The number of benzene rings is 2. The van der Waals surface area contributed by atoms with Crippen LogP contribution in [-0.4, -0.2) is 15.5 Å². The molecule has 5 heteroatoms. The monoisotopic (exact) mass is 308 g/mol. The molecular formula is C18H16N2O3. The van der Waals surface area contributed by atoms with Crippen LogP contribution in [0.2, 0.25) is 0 Å². The highest BCUT2D eigenvalue weighted by Gasteiger charge is 2.12. The summed E-state index contributed by atoms with van der Waals surface area (Å²) in [4.78, 5) is 28.4. The summed E-state index contributed by atoms with van der Waals surface area (Å²) >= 11 is 0. The maximum Gasteiger partial charge on any atom is 0.308 e. The van der Waals surface area contributed by atoms with E-state index < -0.39 is 0 Å². The molecule has 0 unspecified atom stereocenters. The summed E-state index contributed by atoms with van der Waals surface area (Å²) in [6.45, 7) is 5.02. The van der Waals surface area contributed by atoms with Gasteiger partial charge in [-0.25, -0.2) is 4.98 Å². The van der Waals surface area contributed by atoms with Crippen molar-refractivity contribution in [3.8, 4) is 11.4 Å². The average molecular weight is 308 g/mol. The van der Waals surface area contributed by atoms with Crippen molar-refractivity contribution in [2.75, 3.05) is 0 Å². The highest BCUT2D eigenvalue weighted by Crippen LogP contribution is 2.21. The molecule has 3 aromatic rings. The van der Waals surface area contributed by atoms with E-state index in [1.165, 1.54) is 6.92 Å². The van der Waals surface area contributed by atoms with E-state index in [1.807, 2.05) is 25.1 Å². The molecule has 0 saturated heterocycles. The fourth-order valence-electron chi connectivity index (χ4n) is 2.64. The molecule has 0 amide bonds. The molecule has 2 aromatic carbocycles. The fraction of sp³-hybridized carbons (Fsp3) is 0.167. The van der Waals surface area contributed by atoms with E-state index in [2.05, 4.69) is 4.98 Å². The Balaban J connectivity index is 2.21. The maximum absolute atomic E-state index is 12.8. The van der Waals surface area contributed by atoms with Gasteiger partial charge in [0.2, 0.25) is 0 Å². The summed E-state index contributed by atoms with van der Waals surface area (Å²) in [6.07, 6.45) is 0. The van der Waals surface area contributed by atoms with Gasteiger partial charge in [0.1, 0.15) is 11.6 Å². The predicted octanol–water partition coefficient (Wildman–Crippen LogP) is 2.93. The van der Waals surface area contributed by atoms with Crippen LogP contribution in [0.25, 0.3) is 16.6 Å². The smallest absolute Gasteiger partial charge is 0.308 e. The van der Waals surface area contributed by atoms with Crippen LogP contribution >= 0.6 is 0 Å². The van der Waals surface area contributed by atoms with Crippen LogP contribution in [0.15, 0.2) is 47.3 Å². The molecule has 0 saturated carbocycles. The molecule has 1 aromatic heterocycles. The van der Waals surface area contributed by atoms with Gasteiger partial charge in [0.25, 0.3) is 5.56 Å². The molecule has 0 bridgehead atoms. The molecule has 0 spiro atoms. The first-order chi connectivity index (χ1) is 11.0. The minimum absolute atomic E-state index is 0.114. The van der Waals surface area contributed by atoms with Gasteiger partial charge in [-0.1, -0.05) is 12.1 Å². The van der Waals surface area contributed by atoms with Crippen molar-refractivity contribution in [1.29, 1.82) is 0 Å². The highest BCUT2D eigenvalue weighted by molar-refractivity contribution is 5.78. The lowest BCUT2D eigenvalue weighted by Crippen LogP contribution is -2.23. The van der Waals surface area contributed by atoms with Gasteiger partial charge in [-0.3, -0.25) is 14.2 Å². The van der Waals surface area contributed by atoms with Crippen LogP contribution < -0.4 is 10.3 Å². The van der Waals surface area contributed by atoms with E-state index in [-0.39, 0.29) is 11.5 Å². The lowest BCUT2D eigenvalue weighted by molar-refractivity contribution is -0.131. The molecule has 23 heavy (non-hydrogen) atoms. The number of hydrogen-bond acceptors (Lipinski definition) is 4. The van der Waals surface area contributed by atoms with Gasteiger partial charge < -0.3 is 4.74 Å². The van der Waals surface area contributed by atoms with Crippen LogP contribution in [0.5, 0.6) is 5.75 Å². The van der Waals surface area contributed by atoms with Crippen LogP contribution in [0, 0.1) is 13.8 Å². The molecule has 3 rings (SSSR count). The summed E-state index contributed by atoms with van der Waals surface area (Å²) < 4.78 is 6.65. The number of aryl methyl sites for hydroxylation is 2. The van der Waals surface area contributed by atoms with E-state index >= 15 is 0 Å². The van der Waals surface area contributed by atoms with Gasteiger partial charge in [0, 0.05) is 6.92 Å². The van der Waals surface area contributed by atoms with Gasteiger partial charge in [-0.05, 0) is 49.7 Å². The van der Waals surface area contributed by atoms with Crippen LogP contribution in [0.1, 0.15) is 18.3 Å². The summed E-state index contributed by atoms with van der Waals surface area (Å²) in [5, 5.41) is 0.571. The fourth-order valence-corrected chi connectivity index (χ4v) is 2.64. The first kappa shape index (κ1) is 15.0. The van der Waals surface area contributed by atoms with Crippen LogP contribution in [0.3, 0.4) is 0 Å². The zero-order valence-corrected chi connectivity index (χ0v) is 13.2. The van der Waals surface area contributed by atoms with E-state index in [9.17, 15) is 9.59 Å². The Labute approximate surface area is 133 Å². The van der Waals surface area contributed by atoms with Gasteiger partial charge in [0.15, 0.2) is 0 Å². The largest absolute Gasteiger partial charge is 0.427 e. The third-order valence-corrected chi connectivity index (χ3v) is 3.61. The number of carbonyl (C=O) groups is 1. The average Bonchev–Trinajstić information content (AvgIpc) is 2.48. The van der Waals surface area contributed by atoms with Gasteiger partial charge in [-0.15, -0.1) is 0 Å². The minimum atomic E-state index is -0.377. The zero-order valence-electron chi connectivity index (χ0n) is 13.2. The van der Waals surface area contributed by atoms with E-state index in [4.69, 9.17) is 4.74 Å². The number of nitrogens with zero attached hydrogens (tertiary/aromatic N) is 2. The Morgan fingerprint density at radius 2 is 1.87 bits per heavy atom. The van der Waals surface area contributed by atoms with Crippen LogP contribution in [-0.2, 0) is 4.79 Å². The molecular weight excluding hydrogens is 292 g/mol. The Hall–Kier alpha value is -2.95. The number of hydrogen-bond donors (Lipinski definition) is 0. The predicted molar refractivity (Wildman–Crippen MR) is 88.1 cm³/mol. The lowest BCUT2D eigenvalue weighted by Gasteiger charge is -2.14. The zero-order chi connectivity index (χ0) is 16.6. The van der Waals surface area contributed by atoms with Crippen molar-refractivity contribution in [3.63, 3.8) is 0 Å². The summed E-state index contributed by atoms with van der Waals surface area (Å²) in [5.74, 6) is 0.688. The Bertz CT molecular complexity index is 974. The molecule has 0 aliphatic rings. The number of fused-ring (bicyclic) bond motifs is 1. The molecule has 1 heterocycles. The second kappa shape index (κ2) is 5.68. The number of ether oxygens (including phenoxy) is 1. The topological polar surface area (TPSA) is 61.2 Å². The van der Waals surface area contributed by atoms with E-state index in [0.717, 1.165) is 11.3 Å². The molecule has 0 aliphatic carbocycles. The third-order valence-electron chi connectivity index (χ3n) is 3.61. The standard InChI is InChI=1S/C18H16N2O3/c1-11-10-14(23-13(3)21)8-9-17(11)20-12(2)19-16-7-5-4-6-15(16)18(20)22/h4-10H,1-3H3. The number of aromatic nitrogens is 2. The minimum Gasteiger partial charge on any atom is -0.427 e. The SMILES string of the molecule is CC(=O)Oc1ccc(-n2c(C)nc3ccccc3c2=O)c(C)c1. The lowest BCUT2D eigenvalue weighted by atomic mass is 10.1. The third kappa shape index (κ3) is 2.73. The molecule has 0 fully saturated rings. The van der Waals surface area contributed by atoms with Gasteiger partial charge in [-0.2, -0.15) is 0 Å². The van der Waals surface area contributed by atoms with E-state index in [1.54, 1.807) is 35.8 Å². The number of carbonyl (C=O) groups excluding carboxylic acids is 1. The normalized spacial score (nSPS) is 10.7. The molecule has 0 aliphatic heterocycles. The van der Waals surface area contributed by atoms with Gasteiger partial charge in [0.05, 0.1) is 16.6 Å². The summed E-state index contributed by atoms with van der Waals surface area (Å²) in [5.41, 5.74) is 2.12. The Kier molecular flexibility index (Phi) is 3.70. The highest BCUT2D eigenvalue weighted by atomic mass is 16.5. The second-order valence-corrected chi connectivity index (χ2v) is 5.36. The molecule has 0 N–H and O–H groups in total. The number of esters is 1. The van der Waals surface area contributed by atoms with Crippen molar-refractivity contribution in [2.24, 2.45) is 0 Å². The Morgan fingerprint density at radius 1 is 1.13 bits per heavy atom. The second-order valence-electron chi connectivity index (χ2n) is 5.36. The summed E-state index contributed by atoms with van der Waals surface area (Å²) in [7, 11) is 0. The van der Waals surface area contributed by atoms with Crippen LogP contribution in [0.4, 0.5) is 0 Å².